The molecule has 0 saturated carbocycles. The van der Waals surface area contributed by atoms with Gasteiger partial charge in [0.05, 0.1) is 6.04 Å². The minimum atomic E-state index is -0.544. The van der Waals surface area contributed by atoms with Crippen LogP contribution in [-0.2, 0) is 11.2 Å². The second-order valence-corrected chi connectivity index (χ2v) is 6.63. The van der Waals surface area contributed by atoms with E-state index < -0.39 is 6.04 Å². The molecule has 1 aliphatic heterocycles. The number of nitrogens with zero attached hydrogens (tertiary/aromatic N) is 4. The van der Waals surface area contributed by atoms with Crippen LogP contribution in [0.5, 0.6) is 11.5 Å². The maximum absolute atomic E-state index is 13.0. The molecule has 8 heteroatoms. The lowest BCUT2D eigenvalue weighted by Gasteiger charge is -2.23. The summed E-state index contributed by atoms with van der Waals surface area (Å²) in [6, 6.07) is 14.8. The van der Waals surface area contributed by atoms with Crippen LogP contribution in [0.3, 0.4) is 0 Å². The van der Waals surface area contributed by atoms with Crippen LogP contribution in [0.2, 0.25) is 0 Å². The first-order valence-electron chi connectivity index (χ1n) is 9.17. The lowest BCUT2D eigenvalue weighted by atomic mass is 10.0. The van der Waals surface area contributed by atoms with Gasteiger partial charge >= 0.3 is 0 Å². The van der Waals surface area contributed by atoms with Crippen molar-refractivity contribution in [1.82, 2.24) is 25.5 Å². The Bertz CT molecular complexity index is 930. The van der Waals surface area contributed by atoms with Crippen LogP contribution in [0.25, 0.3) is 0 Å². The van der Waals surface area contributed by atoms with E-state index in [0.29, 0.717) is 25.4 Å². The van der Waals surface area contributed by atoms with Crippen LogP contribution >= 0.6 is 0 Å². The quantitative estimate of drug-likeness (QED) is 0.705. The topological polar surface area (TPSA) is 91.2 Å². The average molecular weight is 379 g/mol. The SMILES string of the molecule is CC(NC(=O)C(Cc1ccccc1)n1cnnn1)c1ccc2c(c1)OCCO2. The Labute approximate surface area is 162 Å². The van der Waals surface area contributed by atoms with E-state index in [1.807, 2.05) is 55.5 Å². The molecule has 1 aliphatic rings. The van der Waals surface area contributed by atoms with Crippen molar-refractivity contribution in [1.29, 1.82) is 0 Å². The molecule has 0 fully saturated rings. The third kappa shape index (κ3) is 3.95. The summed E-state index contributed by atoms with van der Waals surface area (Å²) in [7, 11) is 0. The normalized spacial score (nSPS) is 14.9. The molecule has 2 atom stereocenters. The Morgan fingerprint density at radius 2 is 1.93 bits per heavy atom. The zero-order chi connectivity index (χ0) is 19.3. The highest BCUT2D eigenvalue weighted by Gasteiger charge is 2.24. The van der Waals surface area contributed by atoms with Gasteiger partial charge in [0, 0.05) is 6.42 Å². The van der Waals surface area contributed by atoms with Gasteiger partial charge in [0.15, 0.2) is 11.5 Å². The lowest BCUT2D eigenvalue weighted by molar-refractivity contribution is -0.125. The van der Waals surface area contributed by atoms with E-state index in [-0.39, 0.29) is 11.9 Å². The van der Waals surface area contributed by atoms with Gasteiger partial charge in [0.25, 0.3) is 0 Å². The summed E-state index contributed by atoms with van der Waals surface area (Å²) < 4.78 is 12.7. The zero-order valence-electron chi connectivity index (χ0n) is 15.5. The fraction of sp³-hybridized carbons (Fsp3) is 0.300. The molecule has 2 heterocycles. The van der Waals surface area contributed by atoms with Gasteiger partial charge < -0.3 is 14.8 Å². The molecule has 4 rings (SSSR count). The van der Waals surface area contributed by atoms with Gasteiger partial charge in [0.2, 0.25) is 5.91 Å². The van der Waals surface area contributed by atoms with E-state index in [0.717, 1.165) is 16.9 Å². The van der Waals surface area contributed by atoms with Crippen molar-refractivity contribution in [2.45, 2.75) is 25.4 Å². The van der Waals surface area contributed by atoms with Gasteiger partial charge in [-0.3, -0.25) is 4.79 Å². The van der Waals surface area contributed by atoms with Gasteiger partial charge in [-0.15, -0.1) is 5.10 Å². The van der Waals surface area contributed by atoms with Crippen LogP contribution < -0.4 is 14.8 Å². The van der Waals surface area contributed by atoms with Crippen LogP contribution in [-0.4, -0.2) is 39.3 Å². The average Bonchev–Trinajstić information content (AvgIpc) is 3.26. The molecule has 1 amide bonds. The minimum Gasteiger partial charge on any atom is -0.486 e. The number of hydrogen-bond acceptors (Lipinski definition) is 6. The number of ether oxygens (including phenoxy) is 2. The molecule has 8 nitrogen and oxygen atoms in total. The number of tetrazole rings is 1. The first kappa shape index (κ1) is 18.0. The Morgan fingerprint density at radius 3 is 2.68 bits per heavy atom. The maximum Gasteiger partial charge on any atom is 0.245 e. The van der Waals surface area contributed by atoms with Crippen LogP contribution in [0.4, 0.5) is 0 Å². The molecular formula is C20H21N5O3. The Morgan fingerprint density at radius 1 is 1.14 bits per heavy atom. The second kappa shape index (κ2) is 8.08. The molecule has 2 aromatic carbocycles. The number of fused-ring (bicyclic) bond motifs is 1. The van der Waals surface area contributed by atoms with Gasteiger partial charge in [-0.1, -0.05) is 36.4 Å². The number of amides is 1. The van der Waals surface area contributed by atoms with Gasteiger partial charge in [-0.2, -0.15) is 0 Å². The zero-order valence-corrected chi connectivity index (χ0v) is 15.5. The molecule has 0 spiro atoms. The molecular weight excluding hydrogens is 358 g/mol. The number of rotatable bonds is 6. The summed E-state index contributed by atoms with van der Waals surface area (Å²) in [5, 5.41) is 14.3. The number of carbonyl (C=O) groups excluding carboxylic acids is 1. The summed E-state index contributed by atoms with van der Waals surface area (Å²) in [5.74, 6) is 1.27. The van der Waals surface area contributed by atoms with E-state index >= 15 is 0 Å². The van der Waals surface area contributed by atoms with Gasteiger partial charge in [-0.05, 0) is 40.6 Å². The third-order valence-corrected chi connectivity index (χ3v) is 4.68. The monoisotopic (exact) mass is 379 g/mol. The van der Waals surface area contributed by atoms with Crippen molar-refractivity contribution in [3.8, 4) is 11.5 Å². The molecule has 2 unspecified atom stereocenters. The number of carbonyl (C=O) groups is 1. The molecule has 1 N–H and O–H groups in total. The number of hydrogen-bond donors (Lipinski definition) is 1. The van der Waals surface area contributed by atoms with Gasteiger partial charge in [0.1, 0.15) is 25.6 Å². The van der Waals surface area contributed by atoms with Crippen molar-refractivity contribution >= 4 is 5.91 Å². The van der Waals surface area contributed by atoms with Crippen LogP contribution in [0, 0.1) is 0 Å². The standard InChI is InChI=1S/C20H21N5O3/c1-14(16-7-8-18-19(12-16)28-10-9-27-18)22-20(26)17(25-13-21-23-24-25)11-15-5-3-2-4-6-15/h2-8,12-14,17H,9-11H2,1H3,(H,22,26). The maximum atomic E-state index is 13.0. The van der Waals surface area contributed by atoms with E-state index in [2.05, 4.69) is 20.8 Å². The number of nitrogens with one attached hydrogen (secondary N) is 1. The Kier molecular flexibility index (Phi) is 5.18. The Balaban J connectivity index is 1.50. The third-order valence-electron chi connectivity index (χ3n) is 4.68. The van der Waals surface area contributed by atoms with Crippen molar-refractivity contribution in [3.05, 3.63) is 66.0 Å². The molecule has 0 bridgehead atoms. The molecule has 144 valence electrons. The summed E-state index contributed by atoms with van der Waals surface area (Å²) in [5.41, 5.74) is 1.97. The van der Waals surface area contributed by atoms with E-state index in [1.54, 1.807) is 0 Å². The summed E-state index contributed by atoms with van der Waals surface area (Å²) >= 11 is 0. The highest BCUT2D eigenvalue weighted by atomic mass is 16.6. The van der Waals surface area contributed by atoms with Crippen molar-refractivity contribution in [2.75, 3.05) is 13.2 Å². The highest BCUT2D eigenvalue weighted by molar-refractivity contribution is 5.81. The van der Waals surface area contributed by atoms with E-state index in [4.69, 9.17) is 9.47 Å². The van der Waals surface area contributed by atoms with Crippen molar-refractivity contribution in [2.24, 2.45) is 0 Å². The summed E-state index contributed by atoms with van der Waals surface area (Å²) in [4.78, 5) is 13.0. The molecule has 28 heavy (non-hydrogen) atoms. The summed E-state index contributed by atoms with van der Waals surface area (Å²) in [6.07, 6.45) is 1.95. The van der Waals surface area contributed by atoms with Crippen LogP contribution in [0.1, 0.15) is 30.1 Å². The van der Waals surface area contributed by atoms with Gasteiger partial charge in [-0.25, -0.2) is 4.68 Å². The fourth-order valence-electron chi connectivity index (χ4n) is 3.18. The lowest BCUT2D eigenvalue weighted by Crippen LogP contribution is -2.36. The Hall–Kier alpha value is -3.42. The van der Waals surface area contributed by atoms with E-state index in [9.17, 15) is 4.79 Å². The molecule has 3 aromatic rings. The first-order valence-corrected chi connectivity index (χ1v) is 9.17. The smallest absolute Gasteiger partial charge is 0.245 e. The summed E-state index contributed by atoms with van der Waals surface area (Å²) in [6.45, 7) is 3.00. The first-order chi connectivity index (χ1) is 13.7. The van der Waals surface area contributed by atoms with E-state index in [1.165, 1.54) is 11.0 Å². The predicted octanol–water partition coefficient (Wildman–Crippen LogP) is 2.11. The van der Waals surface area contributed by atoms with Crippen molar-refractivity contribution < 1.29 is 14.3 Å². The largest absolute Gasteiger partial charge is 0.486 e. The second-order valence-electron chi connectivity index (χ2n) is 6.63. The molecule has 0 aliphatic carbocycles. The number of benzene rings is 2. The fourth-order valence-corrected chi connectivity index (χ4v) is 3.18. The van der Waals surface area contributed by atoms with Crippen LogP contribution in [0.15, 0.2) is 54.9 Å². The molecule has 0 saturated heterocycles. The molecule has 1 aromatic heterocycles. The minimum absolute atomic E-state index is 0.154. The highest BCUT2D eigenvalue weighted by Crippen LogP contribution is 2.32. The van der Waals surface area contributed by atoms with Crippen molar-refractivity contribution in [3.63, 3.8) is 0 Å². The number of aromatic nitrogens is 4. The molecule has 0 radical (unpaired) electrons. The predicted molar refractivity (Wildman–Crippen MR) is 101 cm³/mol.